The van der Waals surface area contributed by atoms with Crippen molar-refractivity contribution in [2.24, 2.45) is 5.73 Å². The lowest BCUT2D eigenvalue weighted by Crippen LogP contribution is -2.62. The number of carbonyl (C=O) groups is 2. The summed E-state index contributed by atoms with van der Waals surface area (Å²) in [4.78, 5) is 21.9. The normalized spacial score (nSPS) is 31.1. The smallest absolute Gasteiger partial charge is 0.244 e. The summed E-state index contributed by atoms with van der Waals surface area (Å²) < 4.78 is 0. The third-order valence-electron chi connectivity index (χ3n) is 1.62. The Morgan fingerprint density at radius 3 is 2.55 bits per heavy atom. The molecule has 0 aromatic carbocycles. The molecule has 11 heavy (non-hydrogen) atoms. The van der Waals surface area contributed by atoms with Gasteiger partial charge in [-0.1, -0.05) is 0 Å². The van der Waals surface area contributed by atoms with Crippen LogP contribution in [-0.2, 0) is 9.59 Å². The number of piperazine rings is 1. The van der Waals surface area contributed by atoms with Gasteiger partial charge in [0.25, 0.3) is 0 Å². The second-order valence-corrected chi connectivity index (χ2v) is 2.53. The summed E-state index contributed by atoms with van der Waals surface area (Å²) >= 11 is 0. The van der Waals surface area contributed by atoms with Crippen LogP contribution in [0, 0.1) is 0 Å². The molecule has 2 atom stereocenters. The van der Waals surface area contributed by atoms with Crippen LogP contribution in [0.15, 0.2) is 0 Å². The number of amides is 2. The molecule has 0 aromatic heterocycles. The molecule has 4 N–H and O–H groups in total. The van der Waals surface area contributed by atoms with Crippen LogP contribution in [0.5, 0.6) is 0 Å². The standard InChI is InChI=1S/C6H11N3O2/c1-3-5(10)9-4(2-7)6(11)8-3/h3-4H,2,7H2,1H3,(H,8,11)(H,9,10)/t3-,4+/m1/s1. The molecule has 62 valence electrons. The molecule has 0 radical (unpaired) electrons. The molecule has 1 rings (SSSR count). The second-order valence-electron chi connectivity index (χ2n) is 2.53. The molecule has 2 amide bonds. The molecule has 0 bridgehead atoms. The van der Waals surface area contributed by atoms with Gasteiger partial charge < -0.3 is 16.4 Å². The predicted octanol–water partition coefficient (Wildman–Crippen LogP) is -2.05. The van der Waals surface area contributed by atoms with Gasteiger partial charge in [-0.2, -0.15) is 0 Å². The van der Waals surface area contributed by atoms with Crippen molar-refractivity contribution in [1.82, 2.24) is 10.6 Å². The summed E-state index contributed by atoms with van der Waals surface area (Å²) in [5, 5.41) is 4.99. The van der Waals surface area contributed by atoms with E-state index in [4.69, 9.17) is 5.73 Å². The molecule has 5 nitrogen and oxygen atoms in total. The van der Waals surface area contributed by atoms with Gasteiger partial charge in [0.15, 0.2) is 0 Å². The van der Waals surface area contributed by atoms with Crippen molar-refractivity contribution in [3.63, 3.8) is 0 Å². The van der Waals surface area contributed by atoms with Crippen molar-refractivity contribution in [3.8, 4) is 0 Å². The van der Waals surface area contributed by atoms with Crippen LogP contribution in [0.2, 0.25) is 0 Å². The minimum Gasteiger partial charge on any atom is -0.343 e. The van der Waals surface area contributed by atoms with E-state index in [9.17, 15) is 9.59 Å². The highest BCUT2D eigenvalue weighted by molar-refractivity contribution is 5.96. The third-order valence-corrected chi connectivity index (χ3v) is 1.62. The zero-order chi connectivity index (χ0) is 8.43. The Morgan fingerprint density at radius 2 is 2.00 bits per heavy atom. The van der Waals surface area contributed by atoms with Crippen LogP contribution in [0.1, 0.15) is 6.92 Å². The van der Waals surface area contributed by atoms with Gasteiger partial charge in [-0.05, 0) is 6.92 Å². The Labute approximate surface area is 64.3 Å². The van der Waals surface area contributed by atoms with Gasteiger partial charge in [-0.15, -0.1) is 0 Å². The molecule has 1 aliphatic heterocycles. The maximum absolute atomic E-state index is 11.0. The van der Waals surface area contributed by atoms with Crippen molar-refractivity contribution >= 4 is 11.8 Å². The summed E-state index contributed by atoms with van der Waals surface area (Å²) in [5.74, 6) is -0.389. The quantitative estimate of drug-likeness (QED) is 0.409. The summed E-state index contributed by atoms with van der Waals surface area (Å²) in [6.45, 7) is 1.77. The molecule has 0 saturated carbocycles. The Hall–Kier alpha value is -1.10. The molecule has 0 aromatic rings. The van der Waals surface area contributed by atoms with E-state index in [1.807, 2.05) is 0 Å². The molecule has 0 spiro atoms. The molecule has 1 heterocycles. The van der Waals surface area contributed by atoms with E-state index in [-0.39, 0.29) is 18.4 Å². The lowest BCUT2D eigenvalue weighted by atomic mass is 10.1. The van der Waals surface area contributed by atoms with Crippen molar-refractivity contribution in [3.05, 3.63) is 0 Å². The Morgan fingerprint density at radius 1 is 1.36 bits per heavy atom. The first-order valence-electron chi connectivity index (χ1n) is 3.46. The van der Waals surface area contributed by atoms with Crippen LogP contribution in [0.4, 0.5) is 0 Å². The van der Waals surface area contributed by atoms with Crippen molar-refractivity contribution in [2.45, 2.75) is 19.0 Å². The number of hydrogen-bond donors (Lipinski definition) is 3. The fourth-order valence-electron chi connectivity index (χ4n) is 0.908. The zero-order valence-corrected chi connectivity index (χ0v) is 6.26. The maximum Gasteiger partial charge on any atom is 0.244 e. The first-order chi connectivity index (χ1) is 5.15. The molecule has 0 aliphatic carbocycles. The molecular weight excluding hydrogens is 146 g/mol. The average Bonchev–Trinajstić information content (AvgIpc) is 1.97. The highest BCUT2D eigenvalue weighted by Gasteiger charge is 2.29. The minimum absolute atomic E-state index is 0.143. The van der Waals surface area contributed by atoms with Gasteiger partial charge >= 0.3 is 0 Å². The summed E-state index contributed by atoms with van der Waals surface area (Å²) in [6.07, 6.45) is 0. The topological polar surface area (TPSA) is 84.2 Å². The first kappa shape index (κ1) is 8.00. The summed E-state index contributed by atoms with van der Waals surface area (Å²) in [5.41, 5.74) is 5.23. The highest BCUT2D eigenvalue weighted by Crippen LogP contribution is 1.94. The largest absolute Gasteiger partial charge is 0.343 e. The van der Waals surface area contributed by atoms with E-state index in [0.29, 0.717) is 0 Å². The van der Waals surface area contributed by atoms with Gasteiger partial charge in [-0.25, -0.2) is 0 Å². The van der Waals surface area contributed by atoms with E-state index in [1.54, 1.807) is 6.92 Å². The number of nitrogens with one attached hydrogen (secondary N) is 2. The monoisotopic (exact) mass is 157 g/mol. The summed E-state index contributed by atoms with van der Waals surface area (Å²) in [6, 6.07) is -0.996. The van der Waals surface area contributed by atoms with Gasteiger partial charge in [0.1, 0.15) is 12.1 Å². The molecule has 1 saturated heterocycles. The van der Waals surface area contributed by atoms with Crippen molar-refractivity contribution < 1.29 is 9.59 Å². The minimum atomic E-state index is -0.557. The van der Waals surface area contributed by atoms with E-state index >= 15 is 0 Å². The van der Waals surface area contributed by atoms with E-state index in [2.05, 4.69) is 10.6 Å². The maximum atomic E-state index is 11.0. The van der Waals surface area contributed by atoms with E-state index < -0.39 is 12.1 Å². The molecule has 0 unspecified atom stereocenters. The van der Waals surface area contributed by atoms with E-state index in [0.717, 1.165) is 0 Å². The highest BCUT2D eigenvalue weighted by atomic mass is 16.2. The van der Waals surface area contributed by atoms with Gasteiger partial charge in [0.2, 0.25) is 11.8 Å². The Balaban J connectivity index is 2.62. The Kier molecular flexibility index (Phi) is 2.09. The lowest BCUT2D eigenvalue weighted by molar-refractivity contribution is -0.136. The fourth-order valence-corrected chi connectivity index (χ4v) is 0.908. The Bertz CT molecular complexity index is 192. The van der Waals surface area contributed by atoms with Gasteiger partial charge in [-0.3, -0.25) is 9.59 Å². The van der Waals surface area contributed by atoms with Crippen LogP contribution >= 0.6 is 0 Å². The first-order valence-corrected chi connectivity index (χ1v) is 3.46. The predicted molar refractivity (Wildman–Crippen MR) is 38.6 cm³/mol. The third kappa shape index (κ3) is 1.48. The van der Waals surface area contributed by atoms with Crippen LogP contribution < -0.4 is 16.4 Å². The van der Waals surface area contributed by atoms with Crippen LogP contribution in [0.25, 0.3) is 0 Å². The zero-order valence-electron chi connectivity index (χ0n) is 6.26. The second kappa shape index (κ2) is 2.87. The molecule has 5 heteroatoms. The van der Waals surface area contributed by atoms with Gasteiger partial charge in [0, 0.05) is 6.54 Å². The van der Waals surface area contributed by atoms with Crippen molar-refractivity contribution in [2.75, 3.05) is 6.54 Å². The molecule has 1 fully saturated rings. The van der Waals surface area contributed by atoms with E-state index in [1.165, 1.54) is 0 Å². The van der Waals surface area contributed by atoms with Gasteiger partial charge in [0.05, 0.1) is 0 Å². The summed E-state index contributed by atoms with van der Waals surface area (Å²) in [7, 11) is 0. The van der Waals surface area contributed by atoms with Crippen LogP contribution in [0.3, 0.4) is 0 Å². The number of nitrogens with two attached hydrogens (primary N) is 1. The van der Waals surface area contributed by atoms with Crippen LogP contribution in [-0.4, -0.2) is 30.4 Å². The fraction of sp³-hybridized carbons (Fsp3) is 0.667. The number of rotatable bonds is 1. The number of carbonyl (C=O) groups excluding carboxylic acids is 2. The number of hydrogen-bond acceptors (Lipinski definition) is 3. The lowest BCUT2D eigenvalue weighted by Gasteiger charge is -2.26. The average molecular weight is 157 g/mol. The molecule has 1 aliphatic rings. The SMILES string of the molecule is C[C@H]1NC(=O)[C@H](CN)NC1=O. The van der Waals surface area contributed by atoms with Crippen molar-refractivity contribution in [1.29, 1.82) is 0 Å². The molecular formula is C6H11N3O2.